The van der Waals surface area contributed by atoms with Gasteiger partial charge in [-0.3, -0.25) is 0 Å². The summed E-state index contributed by atoms with van der Waals surface area (Å²) in [6.45, 7) is 2.13. The zero-order valence-corrected chi connectivity index (χ0v) is 8.40. The van der Waals surface area contributed by atoms with Gasteiger partial charge in [0.1, 0.15) is 0 Å². The molecule has 0 bridgehead atoms. The zero-order chi connectivity index (χ0) is 5.28. The van der Waals surface area contributed by atoms with Crippen LogP contribution in [0.15, 0.2) is 21.9 Å². The van der Waals surface area contributed by atoms with Gasteiger partial charge in [-0.15, -0.1) is 24.8 Å². The van der Waals surface area contributed by atoms with Crippen LogP contribution in [0.2, 0.25) is 0 Å². The van der Waals surface area contributed by atoms with Crippen molar-refractivity contribution in [3.8, 4) is 0 Å². The smallest absolute Gasteiger partial charge is 0.147 e. The molecule has 55 valence electrons. The Balaban J connectivity index is 0. The molecule has 0 aromatic rings. The molecule has 0 spiro atoms. The third-order valence-corrected chi connectivity index (χ3v) is 2.12. The molecule has 0 aromatic carbocycles. The van der Waals surface area contributed by atoms with Crippen LogP contribution in [-0.4, -0.2) is 0 Å². The first-order chi connectivity index (χ1) is 3.30. The molecule has 0 saturated carbocycles. The third kappa shape index (κ3) is 3.40. The van der Waals surface area contributed by atoms with Gasteiger partial charge < -0.3 is 0 Å². The van der Waals surface area contributed by atoms with Crippen molar-refractivity contribution in [1.29, 1.82) is 0 Å². The third-order valence-electron chi connectivity index (χ3n) is 1.08. The second-order valence-electron chi connectivity index (χ2n) is 1.68. The van der Waals surface area contributed by atoms with Crippen LogP contribution in [0, 0.1) is 0 Å². The Morgan fingerprint density at radius 1 is 1.44 bits per heavy atom. The van der Waals surface area contributed by atoms with E-state index in [9.17, 15) is 0 Å². The van der Waals surface area contributed by atoms with Crippen molar-refractivity contribution in [1.82, 2.24) is 0 Å². The number of rotatable bonds is 0. The Labute approximate surface area is 78.3 Å². The molecule has 0 aliphatic heterocycles. The number of hydrogen-bond donors (Lipinski definition) is 0. The molecule has 0 amide bonds. The summed E-state index contributed by atoms with van der Waals surface area (Å²) in [6.07, 6.45) is 5.48. The van der Waals surface area contributed by atoms with Gasteiger partial charge in [-0.05, 0) is 0 Å². The topological polar surface area (TPSA) is 0 Å². The van der Waals surface area contributed by atoms with E-state index in [0.29, 0.717) is 0 Å². The van der Waals surface area contributed by atoms with Gasteiger partial charge in [0.2, 0.25) is 0 Å². The molecule has 0 unspecified atom stereocenters. The van der Waals surface area contributed by atoms with Gasteiger partial charge in [0.15, 0.2) is 0 Å². The van der Waals surface area contributed by atoms with Crippen LogP contribution in [0.4, 0.5) is 0 Å². The van der Waals surface area contributed by atoms with E-state index in [1.54, 1.807) is 0 Å². The van der Waals surface area contributed by atoms with Crippen molar-refractivity contribution in [2.24, 2.45) is 0 Å². The maximum absolute atomic E-state index is 2.64. The molecule has 0 heterocycles. The Kier molecular flexibility index (Phi) is 7.51. The summed E-state index contributed by atoms with van der Waals surface area (Å²) in [5.74, 6) is 0. The van der Waals surface area contributed by atoms with E-state index in [4.69, 9.17) is 0 Å². The Bertz CT molecular complexity index is 138. The van der Waals surface area contributed by atoms with E-state index in [2.05, 4.69) is 37.4 Å². The first-order valence-corrected chi connectivity index (χ1v) is 3.18. The van der Waals surface area contributed by atoms with Crippen molar-refractivity contribution in [3.05, 3.63) is 21.9 Å². The molecular formula is C6H9Cl2Ru. The first-order valence-electron chi connectivity index (χ1n) is 2.31. The van der Waals surface area contributed by atoms with Crippen LogP contribution in [0.5, 0.6) is 0 Å². The molecule has 0 nitrogen and oxygen atoms in total. The van der Waals surface area contributed by atoms with Crippen molar-refractivity contribution in [3.63, 3.8) is 0 Å². The van der Waals surface area contributed by atoms with E-state index in [0.717, 1.165) is 6.42 Å². The fourth-order valence-electron chi connectivity index (χ4n) is 0.586. The van der Waals surface area contributed by atoms with Gasteiger partial charge in [-0.1, -0.05) is 0 Å². The van der Waals surface area contributed by atoms with Crippen LogP contribution < -0.4 is 0 Å². The predicted molar refractivity (Wildman–Crippen MR) is 41.0 cm³/mol. The molecule has 0 N–H and O–H groups in total. The van der Waals surface area contributed by atoms with Crippen molar-refractivity contribution in [2.45, 2.75) is 13.3 Å². The van der Waals surface area contributed by atoms with Crippen LogP contribution in [-0.2, 0) is 18.3 Å². The summed E-state index contributed by atoms with van der Waals surface area (Å²) < 4.78 is 1.44. The molecule has 1 rings (SSSR count). The normalized spacial score (nSPS) is 14.9. The van der Waals surface area contributed by atoms with Crippen LogP contribution in [0.1, 0.15) is 13.3 Å². The quantitative estimate of drug-likeness (QED) is 0.582. The van der Waals surface area contributed by atoms with Crippen molar-refractivity contribution < 1.29 is 18.3 Å². The van der Waals surface area contributed by atoms with Gasteiger partial charge in [-0.25, -0.2) is 0 Å². The van der Waals surface area contributed by atoms with E-state index in [1.165, 1.54) is 9.74 Å². The molecular weight excluding hydrogens is 244 g/mol. The monoisotopic (exact) mass is 253 g/mol. The summed E-state index contributed by atoms with van der Waals surface area (Å²) in [4.78, 5) is 0. The average Bonchev–Trinajstić information content (AvgIpc) is 1.91. The number of allylic oxidation sites excluding steroid dienone is 4. The summed E-state index contributed by atoms with van der Waals surface area (Å²) in [6, 6.07) is 0. The van der Waals surface area contributed by atoms with E-state index in [1.807, 2.05) is 0 Å². The molecule has 1 aliphatic rings. The van der Waals surface area contributed by atoms with E-state index < -0.39 is 0 Å². The fourth-order valence-corrected chi connectivity index (χ4v) is 0.935. The fraction of sp³-hybridized carbons (Fsp3) is 0.333. The second kappa shape index (κ2) is 5.47. The predicted octanol–water partition coefficient (Wildman–Crippen LogP) is 2.61. The van der Waals surface area contributed by atoms with Crippen molar-refractivity contribution >= 4 is 24.8 Å². The Morgan fingerprint density at radius 3 is 2.11 bits per heavy atom. The summed E-state index contributed by atoms with van der Waals surface area (Å²) in [7, 11) is 0. The molecule has 0 radical (unpaired) electrons. The Morgan fingerprint density at radius 2 is 2.00 bits per heavy atom. The summed E-state index contributed by atoms with van der Waals surface area (Å²) >= 11 is 2.64. The standard InChI is InChI=1S/C6H7.2ClH.Ru/c1-6-4-2-3-5-6;;;/h2,4H,3H2,1H3;2*1H;. The molecule has 3 heteroatoms. The van der Waals surface area contributed by atoms with Crippen LogP contribution in [0.3, 0.4) is 0 Å². The summed E-state index contributed by atoms with van der Waals surface area (Å²) in [5.41, 5.74) is 1.41. The molecule has 0 fully saturated rings. The first kappa shape index (κ1) is 12.4. The molecule has 0 atom stereocenters. The summed E-state index contributed by atoms with van der Waals surface area (Å²) in [5, 5.41) is 0. The van der Waals surface area contributed by atoms with Crippen LogP contribution in [0.25, 0.3) is 0 Å². The zero-order valence-electron chi connectivity index (χ0n) is 5.03. The number of hydrogen-bond acceptors (Lipinski definition) is 0. The van der Waals surface area contributed by atoms with Gasteiger partial charge in [0.05, 0.1) is 0 Å². The molecule has 0 aromatic heterocycles. The number of halogens is 2. The Hall–Kier alpha value is 0.683. The maximum Gasteiger partial charge on any atom is -0.147 e. The van der Waals surface area contributed by atoms with Crippen molar-refractivity contribution in [2.75, 3.05) is 0 Å². The van der Waals surface area contributed by atoms with Gasteiger partial charge in [-0.2, -0.15) is 0 Å². The molecule has 1 aliphatic carbocycles. The maximum atomic E-state index is 2.64. The molecule has 9 heavy (non-hydrogen) atoms. The minimum absolute atomic E-state index is 0. The van der Waals surface area contributed by atoms with Gasteiger partial charge in [0.25, 0.3) is 0 Å². The average molecular weight is 253 g/mol. The van der Waals surface area contributed by atoms with E-state index >= 15 is 0 Å². The van der Waals surface area contributed by atoms with Gasteiger partial charge in [0, 0.05) is 0 Å². The molecule has 0 saturated heterocycles. The van der Waals surface area contributed by atoms with E-state index in [-0.39, 0.29) is 24.8 Å². The minimum atomic E-state index is 0. The second-order valence-corrected chi connectivity index (χ2v) is 2.73. The largest absolute Gasteiger partial charge is 0.147 e. The van der Waals surface area contributed by atoms with Crippen LogP contribution >= 0.6 is 24.8 Å². The van der Waals surface area contributed by atoms with Gasteiger partial charge >= 0.3 is 53.5 Å². The SMILES string of the molecule is CC1=[C]([Ru])CC=C1.Cl.Cl. The minimum Gasteiger partial charge on any atom is -0.147 e.